The average Bonchev–Trinajstić information content (AvgIpc) is 3.01. The highest BCUT2D eigenvalue weighted by Crippen LogP contribution is 2.25. The average molecular weight is 294 g/mol. The van der Waals surface area contributed by atoms with Gasteiger partial charge in [-0.15, -0.1) is 0 Å². The molecule has 0 radical (unpaired) electrons. The molecule has 2 atom stereocenters. The van der Waals surface area contributed by atoms with Crippen molar-refractivity contribution in [1.29, 1.82) is 0 Å². The number of carbonyl (C=O) groups excluding carboxylic acids is 1. The summed E-state index contributed by atoms with van der Waals surface area (Å²) < 4.78 is 26.8. The number of carbonyl (C=O) groups is 1. The molecule has 1 aromatic heterocycles. The van der Waals surface area contributed by atoms with Crippen LogP contribution in [-0.2, 0) is 0 Å². The van der Waals surface area contributed by atoms with E-state index in [1.54, 1.807) is 13.0 Å². The number of aliphatic hydroxyl groups excluding tert-OH is 1. The number of fused-ring (bicyclic) bond motifs is 1. The highest BCUT2D eigenvalue weighted by atomic mass is 19.1. The summed E-state index contributed by atoms with van der Waals surface area (Å²) in [6, 6.07) is 3.86. The molecule has 3 rings (SSSR count). The Labute approximate surface area is 120 Å². The minimum Gasteiger partial charge on any atom is -0.394 e. The zero-order chi connectivity index (χ0) is 15.1. The molecule has 0 bridgehead atoms. The molecule has 4 nitrogen and oxygen atoms in total. The number of hydrogen-bond donors (Lipinski definition) is 2. The monoisotopic (exact) mass is 294 g/mol. The van der Waals surface area contributed by atoms with Gasteiger partial charge in [-0.05, 0) is 30.7 Å². The summed E-state index contributed by atoms with van der Waals surface area (Å²) in [4.78, 5) is 16.7. The third-order valence-electron chi connectivity index (χ3n) is 3.98. The van der Waals surface area contributed by atoms with E-state index >= 15 is 0 Å². The van der Waals surface area contributed by atoms with Crippen molar-refractivity contribution in [2.45, 2.75) is 25.6 Å². The minimum atomic E-state index is -1.12. The lowest BCUT2D eigenvalue weighted by Crippen LogP contribution is -2.38. The Morgan fingerprint density at radius 3 is 2.95 bits per heavy atom. The molecule has 1 aromatic carbocycles. The molecule has 0 aliphatic carbocycles. The molecule has 1 aliphatic heterocycles. The van der Waals surface area contributed by atoms with Gasteiger partial charge in [0.1, 0.15) is 17.7 Å². The van der Waals surface area contributed by atoms with Gasteiger partial charge in [0, 0.05) is 17.3 Å². The fourth-order valence-corrected chi connectivity index (χ4v) is 2.93. The van der Waals surface area contributed by atoms with Crippen molar-refractivity contribution in [3.63, 3.8) is 0 Å². The van der Waals surface area contributed by atoms with E-state index in [9.17, 15) is 18.7 Å². The number of hydrogen-bond acceptors (Lipinski definition) is 2. The lowest BCUT2D eigenvalue weighted by molar-refractivity contribution is 0.0668. The van der Waals surface area contributed by atoms with Gasteiger partial charge in [0.2, 0.25) is 0 Å². The van der Waals surface area contributed by atoms with Crippen LogP contribution in [-0.4, -0.2) is 46.3 Å². The summed E-state index contributed by atoms with van der Waals surface area (Å²) >= 11 is 0. The van der Waals surface area contributed by atoms with Crippen molar-refractivity contribution < 1.29 is 18.7 Å². The molecule has 1 aliphatic rings. The van der Waals surface area contributed by atoms with E-state index in [0.717, 1.165) is 10.9 Å². The van der Waals surface area contributed by atoms with Gasteiger partial charge >= 0.3 is 0 Å². The second-order valence-corrected chi connectivity index (χ2v) is 5.49. The predicted molar refractivity (Wildman–Crippen MR) is 74.4 cm³/mol. The summed E-state index contributed by atoms with van der Waals surface area (Å²) in [7, 11) is 0. The standard InChI is InChI=1S/C15H16F2N2O2/c1-8-2-9(16)4-13-12(8)5-14(18-13)15(21)19-6-10(17)3-11(19)7-20/h2,4-5,10-11,18,20H,3,6-7H2,1H3/t10-,11-/m0/s1. The molecule has 1 saturated heterocycles. The molecule has 6 heteroatoms. The summed E-state index contributed by atoms with van der Waals surface area (Å²) in [6.45, 7) is 1.48. The number of aryl methyl sites for hydroxylation is 1. The molecule has 1 fully saturated rings. The van der Waals surface area contributed by atoms with Crippen molar-refractivity contribution in [2.75, 3.05) is 13.2 Å². The van der Waals surface area contributed by atoms with E-state index in [1.807, 2.05) is 0 Å². The fraction of sp³-hybridized carbons (Fsp3) is 0.400. The lowest BCUT2D eigenvalue weighted by atomic mass is 10.1. The molecule has 21 heavy (non-hydrogen) atoms. The first-order chi connectivity index (χ1) is 9.99. The fourth-order valence-electron chi connectivity index (χ4n) is 2.93. The van der Waals surface area contributed by atoms with Gasteiger partial charge in [-0.3, -0.25) is 4.79 Å². The SMILES string of the molecule is Cc1cc(F)cc2[nH]c(C(=O)N3C[C@@H](F)C[C@H]3CO)cc12. The van der Waals surface area contributed by atoms with E-state index in [0.29, 0.717) is 5.52 Å². The maximum Gasteiger partial charge on any atom is 0.270 e. The number of nitrogens with one attached hydrogen (secondary N) is 1. The smallest absolute Gasteiger partial charge is 0.270 e. The molecule has 2 N–H and O–H groups in total. The Hall–Kier alpha value is -1.95. The predicted octanol–water partition coefficient (Wildman–Crippen LogP) is 2.16. The van der Waals surface area contributed by atoms with Crippen molar-refractivity contribution >= 4 is 16.8 Å². The summed E-state index contributed by atoms with van der Waals surface area (Å²) in [5.74, 6) is -0.746. The van der Waals surface area contributed by atoms with Gasteiger partial charge in [0.15, 0.2) is 0 Å². The maximum atomic E-state index is 13.4. The van der Waals surface area contributed by atoms with Gasteiger partial charge in [-0.1, -0.05) is 0 Å². The number of halogens is 2. The second kappa shape index (κ2) is 5.11. The molecule has 1 amide bonds. The first kappa shape index (κ1) is 14.0. The van der Waals surface area contributed by atoms with Crippen LogP contribution in [0.4, 0.5) is 8.78 Å². The molecule has 2 aromatic rings. The quantitative estimate of drug-likeness (QED) is 0.892. The molecule has 112 valence electrons. The molecular formula is C15H16F2N2O2. The zero-order valence-corrected chi connectivity index (χ0v) is 11.6. The summed E-state index contributed by atoms with van der Waals surface area (Å²) in [5.41, 5.74) is 1.54. The molecular weight excluding hydrogens is 278 g/mol. The number of aliphatic hydroxyl groups is 1. The van der Waals surface area contributed by atoms with E-state index in [-0.39, 0.29) is 37.0 Å². The largest absolute Gasteiger partial charge is 0.394 e. The van der Waals surface area contributed by atoms with Crippen LogP contribution in [0.25, 0.3) is 10.9 Å². The van der Waals surface area contributed by atoms with Gasteiger partial charge in [0.05, 0.1) is 19.2 Å². The van der Waals surface area contributed by atoms with Crippen LogP contribution in [0.3, 0.4) is 0 Å². The van der Waals surface area contributed by atoms with E-state index in [2.05, 4.69) is 4.98 Å². The van der Waals surface area contributed by atoms with Crippen LogP contribution >= 0.6 is 0 Å². The number of aromatic nitrogens is 1. The lowest BCUT2D eigenvalue weighted by Gasteiger charge is -2.21. The normalized spacial score (nSPS) is 22.2. The first-order valence-corrected chi connectivity index (χ1v) is 6.84. The van der Waals surface area contributed by atoms with E-state index < -0.39 is 12.2 Å². The van der Waals surface area contributed by atoms with Gasteiger partial charge in [0.25, 0.3) is 5.91 Å². The van der Waals surface area contributed by atoms with Crippen molar-refractivity contribution in [1.82, 2.24) is 9.88 Å². The summed E-state index contributed by atoms with van der Waals surface area (Å²) in [5, 5.41) is 10.0. The molecule has 0 saturated carbocycles. The minimum absolute atomic E-state index is 0.0211. The number of alkyl halides is 1. The zero-order valence-electron chi connectivity index (χ0n) is 11.6. The highest BCUT2D eigenvalue weighted by molar-refractivity contribution is 5.99. The topological polar surface area (TPSA) is 56.3 Å². The third kappa shape index (κ3) is 2.40. The van der Waals surface area contributed by atoms with E-state index in [1.165, 1.54) is 17.0 Å². The Bertz CT molecular complexity index is 698. The molecule has 2 heterocycles. The number of benzene rings is 1. The van der Waals surface area contributed by atoms with Crippen LogP contribution in [0.5, 0.6) is 0 Å². The molecule has 0 unspecified atom stereocenters. The Balaban J connectivity index is 1.96. The van der Waals surface area contributed by atoms with Crippen LogP contribution < -0.4 is 0 Å². The van der Waals surface area contributed by atoms with Crippen molar-refractivity contribution in [3.05, 3.63) is 35.3 Å². The Kier molecular flexibility index (Phi) is 3.41. The number of rotatable bonds is 2. The van der Waals surface area contributed by atoms with Crippen LogP contribution in [0, 0.1) is 12.7 Å². The number of amides is 1. The van der Waals surface area contributed by atoms with Gasteiger partial charge < -0.3 is 15.0 Å². The Morgan fingerprint density at radius 1 is 1.48 bits per heavy atom. The van der Waals surface area contributed by atoms with Gasteiger partial charge in [-0.25, -0.2) is 8.78 Å². The maximum absolute atomic E-state index is 13.4. The van der Waals surface area contributed by atoms with Crippen LogP contribution in [0.15, 0.2) is 18.2 Å². The molecule has 0 spiro atoms. The number of nitrogens with zero attached hydrogens (tertiary/aromatic N) is 1. The number of H-pyrrole nitrogens is 1. The second-order valence-electron chi connectivity index (χ2n) is 5.49. The number of likely N-dealkylation sites (tertiary alicyclic amines) is 1. The first-order valence-electron chi connectivity index (χ1n) is 6.84. The van der Waals surface area contributed by atoms with Crippen LogP contribution in [0.1, 0.15) is 22.5 Å². The van der Waals surface area contributed by atoms with Gasteiger partial charge in [-0.2, -0.15) is 0 Å². The van der Waals surface area contributed by atoms with Crippen molar-refractivity contribution in [3.8, 4) is 0 Å². The third-order valence-corrected chi connectivity index (χ3v) is 3.98. The van der Waals surface area contributed by atoms with Crippen molar-refractivity contribution in [2.24, 2.45) is 0 Å². The Morgan fingerprint density at radius 2 is 2.24 bits per heavy atom. The summed E-state index contributed by atoms with van der Waals surface area (Å²) in [6.07, 6.45) is -0.967. The van der Waals surface area contributed by atoms with E-state index in [4.69, 9.17) is 0 Å². The van der Waals surface area contributed by atoms with Crippen LogP contribution in [0.2, 0.25) is 0 Å². The number of aromatic amines is 1. The highest BCUT2D eigenvalue weighted by Gasteiger charge is 2.35.